The molecule has 0 fully saturated rings. The minimum Gasteiger partial charge on any atom is -0.450 e. The number of furan rings is 1. The van der Waals surface area contributed by atoms with Gasteiger partial charge < -0.3 is 4.42 Å². The number of carbonyl (C=O) groups excluding carboxylic acids is 1. The van der Waals surface area contributed by atoms with E-state index < -0.39 is 15.9 Å². The summed E-state index contributed by atoms with van der Waals surface area (Å²) in [5, 5.41) is 0.265. The highest BCUT2D eigenvalue weighted by atomic mass is 79.9. The fraction of sp³-hybridized carbons (Fsp3) is 0. The zero-order valence-corrected chi connectivity index (χ0v) is 13.6. The molecular formula is C13H9BrClNO4S. The first kappa shape index (κ1) is 15.8. The molecule has 21 heavy (non-hydrogen) atoms. The lowest BCUT2D eigenvalue weighted by Gasteiger charge is -2.04. The summed E-state index contributed by atoms with van der Waals surface area (Å²) >= 11 is 8.84. The molecule has 0 saturated heterocycles. The standard InChI is InChI=1S/C13H9BrClNO4S/c14-12-6-4-10(20-12)5-7-13(17)16-21(18,19)11-3-1-2-9(15)8-11/h1-8H,(H,16,17)/b7-5+. The first-order valence-electron chi connectivity index (χ1n) is 5.62. The molecule has 0 atom stereocenters. The van der Waals surface area contributed by atoms with Gasteiger partial charge in [-0.05, 0) is 52.3 Å². The fourth-order valence-corrected chi connectivity index (χ4v) is 3.00. The van der Waals surface area contributed by atoms with Gasteiger partial charge in [-0.25, -0.2) is 13.1 Å². The number of amides is 1. The summed E-state index contributed by atoms with van der Waals surface area (Å²) in [4.78, 5) is 11.5. The number of hydrogen-bond donors (Lipinski definition) is 1. The number of hydrogen-bond acceptors (Lipinski definition) is 4. The third-order valence-electron chi connectivity index (χ3n) is 2.33. The summed E-state index contributed by atoms with van der Waals surface area (Å²) in [7, 11) is -3.96. The summed E-state index contributed by atoms with van der Waals surface area (Å²) in [6.07, 6.45) is 2.42. The number of benzene rings is 1. The lowest BCUT2D eigenvalue weighted by Crippen LogP contribution is -2.28. The van der Waals surface area contributed by atoms with Crippen LogP contribution in [0.25, 0.3) is 6.08 Å². The normalized spacial score (nSPS) is 11.7. The molecule has 1 heterocycles. The van der Waals surface area contributed by atoms with Crippen molar-refractivity contribution < 1.29 is 17.6 Å². The van der Waals surface area contributed by atoms with E-state index in [-0.39, 0.29) is 9.92 Å². The summed E-state index contributed by atoms with van der Waals surface area (Å²) in [6, 6.07) is 8.90. The number of rotatable bonds is 4. The van der Waals surface area contributed by atoms with Gasteiger partial charge in [-0.3, -0.25) is 4.79 Å². The van der Waals surface area contributed by atoms with E-state index in [2.05, 4.69) is 15.9 Å². The van der Waals surface area contributed by atoms with Crippen molar-refractivity contribution in [3.05, 3.63) is 57.9 Å². The van der Waals surface area contributed by atoms with Gasteiger partial charge in [0, 0.05) is 11.1 Å². The van der Waals surface area contributed by atoms with Gasteiger partial charge in [-0.2, -0.15) is 0 Å². The summed E-state index contributed by atoms with van der Waals surface area (Å²) in [5.74, 6) is -0.375. The first-order chi connectivity index (χ1) is 9.87. The van der Waals surface area contributed by atoms with Crippen LogP contribution in [-0.2, 0) is 14.8 Å². The molecule has 0 aliphatic rings. The van der Waals surface area contributed by atoms with Gasteiger partial charge in [0.15, 0.2) is 4.67 Å². The van der Waals surface area contributed by atoms with Crippen LogP contribution in [-0.4, -0.2) is 14.3 Å². The molecule has 8 heteroatoms. The Hall–Kier alpha value is -1.57. The molecule has 0 aliphatic heterocycles. The molecule has 2 rings (SSSR count). The lowest BCUT2D eigenvalue weighted by molar-refractivity contribution is -0.114. The van der Waals surface area contributed by atoms with E-state index in [1.807, 2.05) is 4.72 Å². The van der Waals surface area contributed by atoms with Crippen LogP contribution in [0.15, 0.2) is 56.5 Å². The third kappa shape index (κ3) is 4.45. The Kier molecular flexibility index (Phi) is 4.87. The molecule has 1 N–H and O–H groups in total. The van der Waals surface area contributed by atoms with E-state index in [4.69, 9.17) is 16.0 Å². The van der Waals surface area contributed by atoms with Crippen molar-refractivity contribution >= 4 is 49.5 Å². The van der Waals surface area contributed by atoms with Crippen molar-refractivity contribution in [2.75, 3.05) is 0 Å². The van der Waals surface area contributed by atoms with E-state index in [0.717, 1.165) is 6.08 Å². The van der Waals surface area contributed by atoms with Gasteiger partial charge in [0.1, 0.15) is 5.76 Å². The maximum atomic E-state index is 12.0. The van der Waals surface area contributed by atoms with Crippen LogP contribution in [0, 0.1) is 0 Å². The van der Waals surface area contributed by atoms with Crippen molar-refractivity contribution in [3.63, 3.8) is 0 Å². The number of carbonyl (C=O) groups is 1. The fourth-order valence-electron chi connectivity index (χ4n) is 1.44. The lowest BCUT2D eigenvalue weighted by atomic mass is 10.4. The van der Waals surface area contributed by atoms with E-state index >= 15 is 0 Å². The molecule has 0 radical (unpaired) electrons. The molecule has 0 unspecified atom stereocenters. The van der Waals surface area contributed by atoms with Crippen LogP contribution in [0.3, 0.4) is 0 Å². The topological polar surface area (TPSA) is 76.4 Å². The van der Waals surface area contributed by atoms with Gasteiger partial charge in [0.25, 0.3) is 15.9 Å². The second-order valence-electron chi connectivity index (χ2n) is 3.90. The Morgan fingerprint density at radius 2 is 2.05 bits per heavy atom. The summed E-state index contributed by atoms with van der Waals surface area (Å²) in [5.41, 5.74) is 0. The second-order valence-corrected chi connectivity index (χ2v) is 6.80. The van der Waals surface area contributed by atoms with Crippen LogP contribution in [0.4, 0.5) is 0 Å². The van der Waals surface area contributed by atoms with Crippen LogP contribution >= 0.6 is 27.5 Å². The van der Waals surface area contributed by atoms with Crippen LogP contribution < -0.4 is 4.72 Å². The Morgan fingerprint density at radius 3 is 2.67 bits per heavy atom. The molecule has 0 spiro atoms. The van der Waals surface area contributed by atoms with E-state index in [1.54, 1.807) is 12.1 Å². The predicted molar refractivity (Wildman–Crippen MR) is 82.2 cm³/mol. The van der Waals surface area contributed by atoms with Crippen molar-refractivity contribution in [1.82, 2.24) is 4.72 Å². The van der Waals surface area contributed by atoms with Gasteiger partial charge in [-0.1, -0.05) is 17.7 Å². The SMILES string of the molecule is O=C(/C=C/c1ccc(Br)o1)NS(=O)(=O)c1cccc(Cl)c1. The quantitative estimate of drug-likeness (QED) is 0.813. The van der Waals surface area contributed by atoms with Crippen LogP contribution in [0.2, 0.25) is 5.02 Å². The van der Waals surface area contributed by atoms with Gasteiger partial charge in [0.2, 0.25) is 0 Å². The molecule has 2 aromatic rings. The molecule has 0 bridgehead atoms. The average Bonchev–Trinajstić information content (AvgIpc) is 2.82. The van der Waals surface area contributed by atoms with Crippen molar-refractivity contribution in [3.8, 4) is 0 Å². The zero-order chi connectivity index (χ0) is 15.5. The maximum Gasteiger partial charge on any atom is 0.264 e. The molecular weight excluding hydrogens is 382 g/mol. The molecule has 1 aromatic heterocycles. The van der Waals surface area contributed by atoms with Gasteiger partial charge in [-0.15, -0.1) is 0 Å². The van der Waals surface area contributed by atoms with E-state index in [1.165, 1.54) is 30.3 Å². The molecule has 0 aliphatic carbocycles. The van der Waals surface area contributed by atoms with Crippen LogP contribution in [0.1, 0.15) is 5.76 Å². The Balaban J connectivity index is 2.10. The highest BCUT2D eigenvalue weighted by Gasteiger charge is 2.16. The largest absolute Gasteiger partial charge is 0.450 e. The Bertz CT molecular complexity index is 798. The van der Waals surface area contributed by atoms with Crippen molar-refractivity contribution in [2.45, 2.75) is 4.90 Å². The first-order valence-corrected chi connectivity index (χ1v) is 8.28. The van der Waals surface area contributed by atoms with Crippen LogP contribution in [0.5, 0.6) is 0 Å². The molecule has 0 saturated carbocycles. The average molecular weight is 391 g/mol. The summed E-state index contributed by atoms with van der Waals surface area (Å²) in [6.45, 7) is 0. The van der Waals surface area contributed by atoms with Crippen molar-refractivity contribution in [2.24, 2.45) is 0 Å². The highest BCUT2D eigenvalue weighted by molar-refractivity contribution is 9.10. The molecule has 1 amide bonds. The molecule has 1 aromatic carbocycles. The second kappa shape index (κ2) is 6.46. The smallest absolute Gasteiger partial charge is 0.264 e. The van der Waals surface area contributed by atoms with E-state index in [0.29, 0.717) is 10.4 Å². The minimum absolute atomic E-state index is 0.0857. The Morgan fingerprint density at radius 1 is 1.29 bits per heavy atom. The highest BCUT2D eigenvalue weighted by Crippen LogP contribution is 2.16. The number of nitrogens with one attached hydrogen (secondary N) is 1. The maximum absolute atomic E-state index is 12.0. The monoisotopic (exact) mass is 389 g/mol. The predicted octanol–water partition coefficient (Wildman–Crippen LogP) is 3.21. The minimum atomic E-state index is -3.96. The van der Waals surface area contributed by atoms with Gasteiger partial charge in [0.05, 0.1) is 4.90 Å². The zero-order valence-electron chi connectivity index (χ0n) is 10.4. The Labute approximate surface area is 134 Å². The molecule has 5 nitrogen and oxygen atoms in total. The summed E-state index contributed by atoms with van der Waals surface area (Å²) < 4.78 is 31.5. The van der Waals surface area contributed by atoms with Crippen molar-refractivity contribution in [1.29, 1.82) is 0 Å². The number of halogens is 2. The third-order valence-corrected chi connectivity index (χ3v) is 4.34. The number of sulfonamides is 1. The van der Waals surface area contributed by atoms with E-state index in [9.17, 15) is 13.2 Å². The van der Waals surface area contributed by atoms with Gasteiger partial charge >= 0.3 is 0 Å². The molecule has 110 valence electrons.